The molecule has 3 N–H and O–H groups in total. The van der Waals surface area contributed by atoms with Crippen LogP contribution >= 0.6 is 0 Å². The number of nitrogens with zero attached hydrogens (tertiary/aromatic N) is 4. The summed E-state index contributed by atoms with van der Waals surface area (Å²) >= 11 is 0. The van der Waals surface area contributed by atoms with Gasteiger partial charge in [-0.15, -0.1) is 0 Å². The van der Waals surface area contributed by atoms with Crippen LogP contribution in [0.4, 0.5) is 21.6 Å². The third-order valence-corrected chi connectivity index (χ3v) is 7.33. The van der Waals surface area contributed by atoms with Gasteiger partial charge in [-0.1, -0.05) is 12.1 Å². The second-order valence-electron chi connectivity index (χ2n) is 10.2. The molecule has 2 aromatic carbocycles. The molecule has 198 valence electrons. The lowest BCUT2D eigenvalue weighted by Crippen LogP contribution is -2.42. The number of piperazine rings is 1. The SMILES string of the molecule is CC1Cc2c(ccc(Oc3ncnc(Nc4ccc(CN5CCNCC5)cc4)c3C(=O)N3CCC3)c2F)N1. The fourth-order valence-electron chi connectivity index (χ4n) is 5.11. The number of amides is 1. The van der Waals surface area contributed by atoms with Crippen LogP contribution < -0.4 is 20.7 Å². The van der Waals surface area contributed by atoms with E-state index in [1.807, 2.05) is 19.1 Å². The number of rotatable bonds is 7. The van der Waals surface area contributed by atoms with Crippen LogP contribution in [0.1, 0.15) is 34.8 Å². The zero-order valence-corrected chi connectivity index (χ0v) is 21.5. The van der Waals surface area contributed by atoms with Crippen molar-refractivity contribution in [2.24, 2.45) is 0 Å². The Morgan fingerprint density at radius 1 is 1.11 bits per heavy atom. The van der Waals surface area contributed by atoms with Crippen LogP contribution in [0.5, 0.6) is 11.6 Å². The minimum atomic E-state index is -0.435. The Morgan fingerprint density at radius 3 is 2.63 bits per heavy atom. The second-order valence-corrected chi connectivity index (χ2v) is 10.2. The Labute approximate surface area is 221 Å². The molecule has 0 saturated carbocycles. The van der Waals surface area contributed by atoms with Gasteiger partial charge in [-0.05, 0) is 49.6 Å². The normalized spacial score (nSPS) is 18.9. The molecule has 10 heteroatoms. The fraction of sp³-hybridized carbons (Fsp3) is 0.393. The summed E-state index contributed by atoms with van der Waals surface area (Å²) in [6.07, 6.45) is 2.84. The van der Waals surface area contributed by atoms with Gasteiger partial charge in [0.2, 0.25) is 5.88 Å². The molecule has 3 aromatic rings. The zero-order valence-electron chi connectivity index (χ0n) is 21.5. The van der Waals surface area contributed by atoms with Gasteiger partial charge in [-0.3, -0.25) is 9.69 Å². The summed E-state index contributed by atoms with van der Waals surface area (Å²) in [6.45, 7) is 8.30. The Hall–Kier alpha value is -3.76. The van der Waals surface area contributed by atoms with Crippen molar-refractivity contribution in [3.63, 3.8) is 0 Å². The first-order valence-electron chi connectivity index (χ1n) is 13.2. The number of halogens is 1. The van der Waals surface area contributed by atoms with Crippen LogP contribution in [0, 0.1) is 5.82 Å². The van der Waals surface area contributed by atoms with Crippen molar-refractivity contribution in [3.8, 4) is 11.6 Å². The monoisotopic (exact) mass is 517 g/mol. The summed E-state index contributed by atoms with van der Waals surface area (Å²) in [5.74, 6) is -0.262. The van der Waals surface area contributed by atoms with E-state index in [2.05, 4.69) is 43.0 Å². The molecule has 0 radical (unpaired) electrons. The average Bonchev–Trinajstić information content (AvgIpc) is 3.28. The Balaban J connectivity index is 1.26. The first-order chi connectivity index (χ1) is 18.5. The van der Waals surface area contributed by atoms with Crippen molar-refractivity contribution in [2.75, 3.05) is 49.9 Å². The standard InChI is InChI=1S/C28H32FN7O2/c1-18-15-21-22(33-18)7-8-23(25(21)29)38-27-24(28(37)36-11-2-12-36)26(31-17-32-27)34-20-5-3-19(4-6-20)16-35-13-9-30-10-14-35/h3-8,17-18,30,33H,2,9-16H2,1H3,(H,31,32,34). The van der Waals surface area contributed by atoms with Gasteiger partial charge < -0.3 is 25.6 Å². The quantitative estimate of drug-likeness (QED) is 0.436. The minimum Gasteiger partial charge on any atom is -0.435 e. The van der Waals surface area contributed by atoms with Crippen LogP contribution in [0.25, 0.3) is 0 Å². The number of fused-ring (bicyclic) bond motifs is 1. The number of likely N-dealkylation sites (tertiary alicyclic amines) is 1. The highest BCUT2D eigenvalue weighted by molar-refractivity contribution is 6.02. The van der Waals surface area contributed by atoms with Crippen LogP contribution in [0.3, 0.4) is 0 Å². The van der Waals surface area contributed by atoms with E-state index in [0.29, 0.717) is 30.9 Å². The lowest BCUT2D eigenvalue weighted by Gasteiger charge is -2.31. The maximum Gasteiger partial charge on any atom is 0.263 e. The molecule has 38 heavy (non-hydrogen) atoms. The number of carbonyl (C=O) groups is 1. The predicted octanol–water partition coefficient (Wildman–Crippen LogP) is 3.76. The number of carbonyl (C=O) groups excluding carboxylic acids is 1. The third kappa shape index (κ3) is 5.01. The molecule has 9 nitrogen and oxygen atoms in total. The summed E-state index contributed by atoms with van der Waals surface area (Å²) < 4.78 is 21.3. The third-order valence-electron chi connectivity index (χ3n) is 7.33. The highest BCUT2D eigenvalue weighted by Gasteiger charge is 2.30. The van der Waals surface area contributed by atoms with E-state index in [9.17, 15) is 4.79 Å². The maximum absolute atomic E-state index is 15.3. The summed E-state index contributed by atoms with van der Waals surface area (Å²) in [5, 5.41) is 9.90. The van der Waals surface area contributed by atoms with E-state index in [-0.39, 0.29) is 29.1 Å². The maximum atomic E-state index is 15.3. The van der Waals surface area contributed by atoms with Crippen molar-refractivity contribution in [3.05, 3.63) is 65.2 Å². The number of hydrogen-bond donors (Lipinski definition) is 3. The lowest BCUT2D eigenvalue weighted by molar-refractivity contribution is 0.0649. The molecule has 0 aliphatic carbocycles. The fourth-order valence-corrected chi connectivity index (χ4v) is 5.11. The van der Waals surface area contributed by atoms with Gasteiger partial charge >= 0.3 is 0 Å². The number of ether oxygens (including phenoxy) is 1. The Bertz CT molecular complexity index is 1320. The zero-order chi connectivity index (χ0) is 26.1. The first kappa shape index (κ1) is 24.6. The molecule has 0 spiro atoms. The minimum absolute atomic E-state index is 0.0348. The molecular formula is C28H32FN7O2. The topological polar surface area (TPSA) is 94.7 Å². The molecule has 4 heterocycles. The lowest BCUT2D eigenvalue weighted by atomic mass is 10.1. The van der Waals surface area contributed by atoms with Gasteiger partial charge in [-0.25, -0.2) is 14.4 Å². The van der Waals surface area contributed by atoms with Crippen molar-refractivity contribution in [1.82, 2.24) is 25.1 Å². The summed E-state index contributed by atoms with van der Waals surface area (Å²) in [5.41, 5.74) is 3.56. The molecule has 1 atom stereocenters. The van der Waals surface area contributed by atoms with Gasteiger partial charge in [0.25, 0.3) is 5.91 Å². The Kier molecular flexibility index (Phi) is 6.82. The van der Waals surface area contributed by atoms with Gasteiger partial charge in [0.05, 0.1) is 0 Å². The molecular weight excluding hydrogens is 485 g/mol. The van der Waals surface area contributed by atoms with E-state index < -0.39 is 5.82 Å². The van der Waals surface area contributed by atoms with E-state index in [0.717, 1.165) is 50.5 Å². The van der Waals surface area contributed by atoms with Crippen molar-refractivity contribution >= 4 is 23.1 Å². The van der Waals surface area contributed by atoms with Crippen molar-refractivity contribution in [1.29, 1.82) is 0 Å². The van der Waals surface area contributed by atoms with Crippen molar-refractivity contribution < 1.29 is 13.9 Å². The predicted molar refractivity (Wildman–Crippen MR) is 144 cm³/mol. The molecule has 2 saturated heterocycles. The number of aromatic nitrogens is 2. The van der Waals surface area contributed by atoms with Crippen LogP contribution in [0.2, 0.25) is 0 Å². The van der Waals surface area contributed by atoms with E-state index in [4.69, 9.17) is 4.74 Å². The Morgan fingerprint density at radius 2 is 1.89 bits per heavy atom. The average molecular weight is 518 g/mol. The highest BCUT2D eigenvalue weighted by atomic mass is 19.1. The molecule has 2 fully saturated rings. The molecule has 3 aliphatic heterocycles. The second kappa shape index (κ2) is 10.5. The van der Waals surface area contributed by atoms with E-state index in [1.165, 1.54) is 11.9 Å². The molecule has 3 aliphatic rings. The first-order valence-corrected chi connectivity index (χ1v) is 13.2. The largest absolute Gasteiger partial charge is 0.435 e. The van der Waals surface area contributed by atoms with Crippen LogP contribution in [-0.4, -0.2) is 71.0 Å². The van der Waals surface area contributed by atoms with Gasteiger partial charge in [0.1, 0.15) is 11.9 Å². The van der Waals surface area contributed by atoms with E-state index >= 15 is 4.39 Å². The van der Waals surface area contributed by atoms with Gasteiger partial charge in [-0.2, -0.15) is 0 Å². The number of nitrogens with one attached hydrogen (secondary N) is 3. The molecule has 6 rings (SSSR count). The smallest absolute Gasteiger partial charge is 0.263 e. The van der Waals surface area contributed by atoms with Crippen LogP contribution in [-0.2, 0) is 13.0 Å². The molecule has 1 unspecified atom stereocenters. The number of hydrogen-bond acceptors (Lipinski definition) is 8. The summed E-state index contributed by atoms with van der Waals surface area (Å²) in [6, 6.07) is 11.6. The van der Waals surface area contributed by atoms with E-state index in [1.54, 1.807) is 17.0 Å². The summed E-state index contributed by atoms with van der Waals surface area (Å²) in [4.78, 5) is 26.2. The summed E-state index contributed by atoms with van der Waals surface area (Å²) in [7, 11) is 0. The number of benzene rings is 2. The highest BCUT2D eigenvalue weighted by Crippen LogP contribution is 2.37. The van der Waals surface area contributed by atoms with Gasteiger partial charge in [0.15, 0.2) is 17.4 Å². The van der Waals surface area contributed by atoms with Crippen molar-refractivity contribution in [2.45, 2.75) is 32.4 Å². The molecule has 0 bridgehead atoms. The number of anilines is 3. The molecule has 1 amide bonds. The van der Waals surface area contributed by atoms with Crippen LogP contribution in [0.15, 0.2) is 42.7 Å². The molecule has 1 aromatic heterocycles. The van der Waals surface area contributed by atoms with Gasteiger partial charge in [0, 0.05) is 68.8 Å².